The average molecular weight is 431 g/mol. The van der Waals surface area contributed by atoms with E-state index in [4.69, 9.17) is 4.74 Å². The molecular weight excluding hydrogens is 409 g/mol. The molecule has 1 heterocycles. The van der Waals surface area contributed by atoms with E-state index in [0.29, 0.717) is 46.9 Å². The van der Waals surface area contributed by atoms with E-state index >= 15 is 0 Å². The fraction of sp³-hybridized carbons (Fsp3) is 0.160. The molecule has 0 aliphatic rings. The minimum absolute atomic E-state index is 0.121. The maximum Gasteiger partial charge on any atom is 0.272 e. The Balaban J connectivity index is 1.43. The van der Waals surface area contributed by atoms with Gasteiger partial charge in [-0.25, -0.2) is 9.37 Å². The van der Waals surface area contributed by atoms with E-state index in [1.165, 1.54) is 12.1 Å². The van der Waals surface area contributed by atoms with Gasteiger partial charge in [0.2, 0.25) is 0 Å². The maximum absolute atomic E-state index is 13.0. The first kappa shape index (κ1) is 21.2. The van der Waals surface area contributed by atoms with Gasteiger partial charge in [-0.2, -0.15) is 0 Å². The Hall–Kier alpha value is -4.00. The van der Waals surface area contributed by atoms with Gasteiger partial charge in [0.25, 0.3) is 11.5 Å². The fourth-order valence-corrected chi connectivity index (χ4v) is 3.43. The number of ether oxygens (including phenoxy) is 1. The van der Waals surface area contributed by atoms with Crippen LogP contribution < -0.4 is 15.6 Å². The van der Waals surface area contributed by atoms with Crippen molar-refractivity contribution in [3.8, 4) is 11.5 Å². The van der Waals surface area contributed by atoms with Gasteiger partial charge in [-0.05, 0) is 74.0 Å². The second kappa shape index (κ2) is 9.01. The molecule has 1 amide bonds. The van der Waals surface area contributed by atoms with Gasteiger partial charge in [-0.15, -0.1) is 0 Å². The number of nitrogens with one attached hydrogen (secondary N) is 1. The van der Waals surface area contributed by atoms with Crippen molar-refractivity contribution in [1.82, 2.24) is 14.9 Å². The summed E-state index contributed by atoms with van der Waals surface area (Å²) in [5.74, 6) is 0.610. The molecule has 0 aliphatic carbocycles. The third-order valence-corrected chi connectivity index (χ3v) is 5.11. The van der Waals surface area contributed by atoms with Gasteiger partial charge in [-0.3, -0.25) is 9.59 Å². The smallest absolute Gasteiger partial charge is 0.272 e. The van der Waals surface area contributed by atoms with E-state index in [1.807, 2.05) is 19.1 Å². The summed E-state index contributed by atoms with van der Waals surface area (Å²) in [6.07, 6.45) is 0. The number of carbonyl (C=O) groups excluding carboxylic acids is 1. The van der Waals surface area contributed by atoms with Crippen LogP contribution in [0.1, 0.15) is 28.5 Å². The molecule has 0 radical (unpaired) electrons. The van der Waals surface area contributed by atoms with Gasteiger partial charge in [0, 0.05) is 18.7 Å². The number of rotatable bonds is 6. The Bertz CT molecular complexity index is 1330. The summed E-state index contributed by atoms with van der Waals surface area (Å²) in [6.45, 7) is 4.45. The highest BCUT2D eigenvalue weighted by Crippen LogP contribution is 2.22. The van der Waals surface area contributed by atoms with Crippen LogP contribution >= 0.6 is 0 Å². The standard InChI is InChI=1S/C25H22FN3O3/c1-3-29-23-13-6-18(14-22(23)28-16(2)25(29)31)24(30)27-15-17-4-9-20(10-5-17)32-21-11-7-19(26)8-12-21/h4-14H,3,15H2,1-2H3,(H,27,30). The lowest BCUT2D eigenvalue weighted by Crippen LogP contribution is -2.25. The molecule has 162 valence electrons. The van der Waals surface area contributed by atoms with Crippen LogP contribution in [-0.4, -0.2) is 15.5 Å². The van der Waals surface area contributed by atoms with Crippen molar-refractivity contribution < 1.29 is 13.9 Å². The van der Waals surface area contributed by atoms with Crippen LogP contribution in [0.15, 0.2) is 71.5 Å². The fourth-order valence-electron chi connectivity index (χ4n) is 3.43. The summed E-state index contributed by atoms with van der Waals surface area (Å²) in [5, 5.41) is 2.89. The third kappa shape index (κ3) is 4.51. The summed E-state index contributed by atoms with van der Waals surface area (Å²) in [4.78, 5) is 29.2. The normalized spacial score (nSPS) is 10.8. The number of amides is 1. The Labute approximate surface area is 184 Å². The Morgan fingerprint density at radius 1 is 1.03 bits per heavy atom. The molecule has 0 saturated heterocycles. The van der Waals surface area contributed by atoms with Crippen LogP contribution in [0.4, 0.5) is 4.39 Å². The number of hydrogen-bond acceptors (Lipinski definition) is 4. The molecule has 0 spiro atoms. The summed E-state index contributed by atoms with van der Waals surface area (Å²) in [7, 11) is 0. The third-order valence-electron chi connectivity index (χ3n) is 5.11. The zero-order valence-electron chi connectivity index (χ0n) is 17.8. The van der Waals surface area contributed by atoms with Crippen LogP contribution in [-0.2, 0) is 13.1 Å². The zero-order chi connectivity index (χ0) is 22.7. The van der Waals surface area contributed by atoms with E-state index < -0.39 is 0 Å². The number of fused-ring (bicyclic) bond motifs is 1. The molecular formula is C25H22FN3O3. The lowest BCUT2D eigenvalue weighted by Gasteiger charge is -2.11. The largest absolute Gasteiger partial charge is 0.457 e. The molecule has 1 aromatic heterocycles. The topological polar surface area (TPSA) is 73.2 Å². The van der Waals surface area contributed by atoms with Crippen molar-refractivity contribution in [3.05, 3.63) is 99.7 Å². The number of carbonyl (C=O) groups is 1. The first-order chi connectivity index (χ1) is 15.4. The highest BCUT2D eigenvalue weighted by Gasteiger charge is 2.11. The molecule has 0 aliphatic heterocycles. The molecule has 7 heteroatoms. The molecule has 0 bridgehead atoms. The first-order valence-corrected chi connectivity index (χ1v) is 10.3. The summed E-state index contributed by atoms with van der Waals surface area (Å²) >= 11 is 0. The van der Waals surface area contributed by atoms with Gasteiger partial charge >= 0.3 is 0 Å². The quantitative estimate of drug-likeness (QED) is 0.485. The number of aromatic nitrogens is 2. The Morgan fingerprint density at radius 2 is 1.69 bits per heavy atom. The molecule has 0 unspecified atom stereocenters. The molecule has 1 N–H and O–H groups in total. The number of nitrogens with zero attached hydrogens (tertiary/aromatic N) is 2. The zero-order valence-corrected chi connectivity index (χ0v) is 17.8. The van der Waals surface area contributed by atoms with Crippen molar-refractivity contribution in [3.63, 3.8) is 0 Å². The van der Waals surface area contributed by atoms with Crippen LogP contribution in [0.3, 0.4) is 0 Å². The van der Waals surface area contributed by atoms with Gasteiger partial charge in [0.05, 0.1) is 11.0 Å². The van der Waals surface area contributed by atoms with Crippen molar-refractivity contribution in [2.45, 2.75) is 26.9 Å². The summed E-state index contributed by atoms with van der Waals surface area (Å²) in [5.41, 5.74) is 2.97. The van der Waals surface area contributed by atoms with Gasteiger partial charge in [0.15, 0.2) is 0 Å². The maximum atomic E-state index is 13.0. The van der Waals surface area contributed by atoms with Gasteiger partial charge in [0.1, 0.15) is 23.0 Å². The second-order valence-electron chi connectivity index (χ2n) is 7.33. The average Bonchev–Trinajstić information content (AvgIpc) is 2.80. The number of halogens is 1. The molecule has 0 fully saturated rings. The predicted octanol–water partition coefficient (Wildman–Crippen LogP) is 4.59. The van der Waals surface area contributed by atoms with Crippen molar-refractivity contribution >= 4 is 16.9 Å². The SMILES string of the molecule is CCn1c(=O)c(C)nc2cc(C(=O)NCc3ccc(Oc4ccc(F)cc4)cc3)ccc21. The Kier molecular flexibility index (Phi) is 5.98. The molecule has 0 saturated carbocycles. The van der Waals surface area contributed by atoms with Gasteiger partial charge < -0.3 is 14.6 Å². The molecule has 6 nitrogen and oxygen atoms in total. The van der Waals surface area contributed by atoms with E-state index in [1.54, 1.807) is 54.0 Å². The summed E-state index contributed by atoms with van der Waals surface area (Å²) in [6, 6.07) is 18.2. The molecule has 32 heavy (non-hydrogen) atoms. The lowest BCUT2D eigenvalue weighted by molar-refractivity contribution is 0.0951. The van der Waals surface area contributed by atoms with Crippen molar-refractivity contribution in [2.75, 3.05) is 0 Å². The summed E-state index contributed by atoms with van der Waals surface area (Å²) < 4.78 is 20.3. The van der Waals surface area contributed by atoms with E-state index in [-0.39, 0.29) is 17.3 Å². The highest BCUT2D eigenvalue weighted by molar-refractivity contribution is 5.97. The number of benzene rings is 3. The molecule has 3 aromatic carbocycles. The lowest BCUT2D eigenvalue weighted by atomic mass is 10.1. The molecule has 4 aromatic rings. The minimum atomic E-state index is -0.319. The van der Waals surface area contributed by atoms with E-state index in [9.17, 15) is 14.0 Å². The highest BCUT2D eigenvalue weighted by atomic mass is 19.1. The Morgan fingerprint density at radius 3 is 2.34 bits per heavy atom. The van der Waals surface area contributed by atoms with Crippen LogP contribution in [0.5, 0.6) is 11.5 Å². The first-order valence-electron chi connectivity index (χ1n) is 10.3. The molecule has 0 atom stereocenters. The second-order valence-corrected chi connectivity index (χ2v) is 7.33. The molecule has 4 rings (SSSR count). The number of hydrogen-bond donors (Lipinski definition) is 1. The van der Waals surface area contributed by atoms with Gasteiger partial charge in [-0.1, -0.05) is 12.1 Å². The van der Waals surface area contributed by atoms with E-state index in [0.717, 1.165) is 5.56 Å². The van der Waals surface area contributed by atoms with Crippen molar-refractivity contribution in [1.29, 1.82) is 0 Å². The predicted molar refractivity (Wildman–Crippen MR) is 121 cm³/mol. The van der Waals surface area contributed by atoms with Crippen molar-refractivity contribution in [2.24, 2.45) is 0 Å². The minimum Gasteiger partial charge on any atom is -0.457 e. The van der Waals surface area contributed by atoms with Crippen LogP contribution in [0.2, 0.25) is 0 Å². The van der Waals surface area contributed by atoms with Crippen LogP contribution in [0, 0.1) is 12.7 Å². The number of aryl methyl sites for hydroxylation is 2. The van der Waals surface area contributed by atoms with E-state index in [2.05, 4.69) is 10.3 Å². The van der Waals surface area contributed by atoms with Crippen LogP contribution in [0.25, 0.3) is 11.0 Å². The monoisotopic (exact) mass is 431 g/mol.